The maximum Gasteiger partial charge on any atom is 0.346 e. The Hall–Kier alpha value is -4.10. The zero-order valence-corrected chi connectivity index (χ0v) is 24.4. The summed E-state index contributed by atoms with van der Waals surface area (Å²) in [7, 11) is 5.17. The number of halogens is 1. The Bertz CT molecular complexity index is 1670. The molecule has 0 radical (unpaired) electrons. The third kappa shape index (κ3) is 5.59. The van der Waals surface area contributed by atoms with Crippen molar-refractivity contribution in [3.63, 3.8) is 0 Å². The van der Waals surface area contributed by atoms with Gasteiger partial charge >= 0.3 is 11.4 Å². The molecular weight excluding hydrogens is 533 g/mol. The number of aromatic nitrogens is 5. The van der Waals surface area contributed by atoms with Crippen LogP contribution in [0.3, 0.4) is 0 Å². The molecule has 1 atom stereocenters. The minimum absolute atomic E-state index is 0.0401. The highest BCUT2D eigenvalue weighted by Gasteiger charge is 2.31. The number of likely N-dealkylation sites (N-methyl/N-ethyl adjacent to an activating group) is 1. The molecule has 220 valence electrons. The second kappa shape index (κ2) is 11.4. The normalized spacial score (nSPS) is 12.7. The van der Waals surface area contributed by atoms with Gasteiger partial charge in [-0.15, -0.1) is 0 Å². The van der Waals surface area contributed by atoms with Gasteiger partial charge in [0.25, 0.3) is 0 Å². The van der Waals surface area contributed by atoms with Crippen LogP contribution in [0.15, 0.2) is 29.2 Å². The maximum atomic E-state index is 14.8. The first kappa shape index (κ1) is 29.9. The molecule has 0 aliphatic carbocycles. The number of pyridine rings is 1. The van der Waals surface area contributed by atoms with Gasteiger partial charge in [0, 0.05) is 62.2 Å². The van der Waals surface area contributed by atoms with Crippen LogP contribution < -0.4 is 15.7 Å². The fourth-order valence-electron chi connectivity index (χ4n) is 4.83. The fraction of sp³-hybridized carbons (Fsp3) is 0.464. The van der Waals surface area contributed by atoms with Gasteiger partial charge in [-0.2, -0.15) is 9.49 Å². The molecule has 3 aromatic heterocycles. The number of nitro benzene ring substituents is 1. The zero-order chi connectivity index (χ0) is 30.2. The molecule has 0 fully saturated rings. The highest BCUT2D eigenvalue weighted by atomic mass is 19.1. The molecule has 4 aromatic rings. The summed E-state index contributed by atoms with van der Waals surface area (Å²) in [5.74, 6) is -1.27. The van der Waals surface area contributed by atoms with Crippen LogP contribution in [0.4, 0.5) is 10.1 Å². The van der Waals surface area contributed by atoms with Gasteiger partial charge in [0.2, 0.25) is 11.6 Å². The Labute approximate surface area is 236 Å². The zero-order valence-electron chi connectivity index (χ0n) is 24.4. The summed E-state index contributed by atoms with van der Waals surface area (Å²) in [6.45, 7) is 8.46. The van der Waals surface area contributed by atoms with Crippen molar-refractivity contribution in [3.8, 4) is 16.9 Å². The molecule has 0 spiro atoms. The standard InChI is InChI=1S/C28H36FN7O5/c1-16-18(22(32-34(16)7)25(37)28(2,3)4)10-13-41-24-19(8-9-20(29)23(24)36(39)40)17-14-21-26(31-15-17)33(6)27(38)35(21)12-11-30-5/h8-9,14-15,25,30,37H,10-13H2,1-7H3. The monoisotopic (exact) mass is 569 g/mol. The minimum Gasteiger partial charge on any atom is -0.486 e. The minimum atomic E-state index is -1.03. The molecule has 0 aliphatic rings. The van der Waals surface area contributed by atoms with E-state index in [0.29, 0.717) is 35.5 Å². The number of benzene rings is 1. The van der Waals surface area contributed by atoms with E-state index in [2.05, 4.69) is 15.4 Å². The number of ether oxygens (including phenoxy) is 1. The Kier molecular flexibility index (Phi) is 8.31. The molecule has 2 N–H and O–H groups in total. The quantitative estimate of drug-likeness (QED) is 0.219. The van der Waals surface area contributed by atoms with E-state index in [9.17, 15) is 24.4 Å². The number of fused-ring (bicyclic) bond motifs is 1. The van der Waals surface area contributed by atoms with Crippen molar-refractivity contribution in [3.05, 3.63) is 67.8 Å². The van der Waals surface area contributed by atoms with Crippen molar-refractivity contribution in [2.24, 2.45) is 19.5 Å². The van der Waals surface area contributed by atoms with Gasteiger partial charge in [-0.3, -0.25) is 23.9 Å². The molecule has 0 bridgehead atoms. The predicted octanol–water partition coefficient (Wildman–Crippen LogP) is 3.41. The number of nitrogens with one attached hydrogen (secondary N) is 1. The highest BCUT2D eigenvalue weighted by Crippen LogP contribution is 2.41. The lowest BCUT2D eigenvalue weighted by Crippen LogP contribution is -2.26. The van der Waals surface area contributed by atoms with Crippen LogP contribution in [-0.4, -0.2) is 54.1 Å². The first-order valence-corrected chi connectivity index (χ1v) is 13.3. The summed E-state index contributed by atoms with van der Waals surface area (Å²) in [5.41, 5.74) is 2.26. The summed E-state index contributed by atoms with van der Waals surface area (Å²) < 4.78 is 25.4. The van der Waals surface area contributed by atoms with Gasteiger partial charge in [-0.25, -0.2) is 9.78 Å². The van der Waals surface area contributed by atoms with Gasteiger partial charge < -0.3 is 15.2 Å². The molecule has 12 nitrogen and oxygen atoms in total. The predicted molar refractivity (Wildman–Crippen MR) is 153 cm³/mol. The summed E-state index contributed by atoms with van der Waals surface area (Å²) in [6.07, 6.45) is 0.909. The number of nitrogens with zero attached hydrogens (tertiary/aromatic N) is 6. The van der Waals surface area contributed by atoms with Crippen LogP contribution >= 0.6 is 0 Å². The highest BCUT2D eigenvalue weighted by molar-refractivity contribution is 5.82. The lowest BCUT2D eigenvalue weighted by molar-refractivity contribution is -0.388. The SMILES string of the molecule is CNCCn1c(=O)n(C)c2ncc(-c3ccc(F)c([N+](=O)[O-])c3OCCc3c(C(O)C(C)(C)C)nn(C)c3C)cc21. The summed E-state index contributed by atoms with van der Waals surface area (Å²) in [6, 6.07) is 4.13. The third-order valence-corrected chi connectivity index (χ3v) is 7.30. The van der Waals surface area contributed by atoms with Crippen molar-refractivity contribution in [1.29, 1.82) is 0 Å². The van der Waals surface area contributed by atoms with Crippen molar-refractivity contribution in [2.75, 3.05) is 20.2 Å². The van der Waals surface area contributed by atoms with E-state index in [1.807, 2.05) is 27.7 Å². The lowest BCUT2D eigenvalue weighted by Gasteiger charge is -2.25. The van der Waals surface area contributed by atoms with Crippen LogP contribution in [0.2, 0.25) is 0 Å². The fourth-order valence-corrected chi connectivity index (χ4v) is 4.83. The van der Waals surface area contributed by atoms with Crippen LogP contribution in [0, 0.1) is 28.3 Å². The average Bonchev–Trinajstić information content (AvgIpc) is 3.32. The van der Waals surface area contributed by atoms with Gasteiger partial charge in [-0.1, -0.05) is 20.8 Å². The number of rotatable bonds is 10. The molecule has 13 heteroatoms. The number of imidazole rings is 1. The molecular formula is C28H36FN7O5. The molecule has 4 rings (SSSR count). The summed E-state index contributed by atoms with van der Waals surface area (Å²) in [4.78, 5) is 28.4. The van der Waals surface area contributed by atoms with E-state index in [1.54, 1.807) is 36.5 Å². The molecule has 1 aromatic carbocycles. The number of nitro groups is 1. The van der Waals surface area contributed by atoms with Crippen molar-refractivity contribution in [2.45, 2.75) is 46.8 Å². The third-order valence-electron chi connectivity index (χ3n) is 7.30. The van der Waals surface area contributed by atoms with Crippen LogP contribution in [0.1, 0.15) is 43.8 Å². The van der Waals surface area contributed by atoms with E-state index in [0.717, 1.165) is 17.3 Å². The van der Waals surface area contributed by atoms with Crippen molar-refractivity contribution in [1.82, 2.24) is 29.2 Å². The Balaban J connectivity index is 1.76. The van der Waals surface area contributed by atoms with E-state index in [-0.39, 0.29) is 30.0 Å². The first-order chi connectivity index (χ1) is 19.3. The van der Waals surface area contributed by atoms with Gasteiger partial charge in [0.05, 0.1) is 22.7 Å². The number of aliphatic hydroxyl groups excluding tert-OH is 1. The second-order valence-electron chi connectivity index (χ2n) is 11.1. The Morgan fingerprint density at radius 1 is 1.27 bits per heavy atom. The molecule has 0 saturated heterocycles. The first-order valence-electron chi connectivity index (χ1n) is 13.3. The Morgan fingerprint density at radius 2 is 1.98 bits per heavy atom. The summed E-state index contributed by atoms with van der Waals surface area (Å²) in [5, 5.41) is 30.4. The number of aliphatic hydroxyl groups is 1. The topological polar surface area (TPSA) is 142 Å². The number of hydrogen-bond donors (Lipinski definition) is 2. The molecule has 1 unspecified atom stereocenters. The maximum absolute atomic E-state index is 14.8. The molecule has 0 aliphatic heterocycles. The Morgan fingerprint density at radius 3 is 2.61 bits per heavy atom. The van der Waals surface area contributed by atoms with E-state index in [4.69, 9.17) is 4.74 Å². The van der Waals surface area contributed by atoms with Crippen LogP contribution in [0.5, 0.6) is 5.75 Å². The van der Waals surface area contributed by atoms with Crippen molar-refractivity contribution >= 4 is 16.9 Å². The smallest absolute Gasteiger partial charge is 0.346 e. The van der Waals surface area contributed by atoms with Gasteiger partial charge in [0.1, 0.15) is 6.10 Å². The molecule has 3 heterocycles. The van der Waals surface area contributed by atoms with E-state index < -0.39 is 27.9 Å². The van der Waals surface area contributed by atoms with Crippen LogP contribution in [0.25, 0.3) is 22.3 Å². The summed E-state index contributed by atoms with van der Waals surface area (Å²) >= 11 is 0. The molecule has 0 saturated carbocycles. The average molecular weight is 570 g/mol. The number of hydrogen-bond acceptors (Lipinski definition) is 8. The van der Waals surface area contributed by atoms with E-state index in [1.165, 1.54) is 16.8 Å². The lowest BCUT2D eigenvalue weighted by atomic mass is 9.85. The molecule has 41 heavy (non-hydrogen) atoms. The van der Waals surface area contributed by atoms with Crippen molar-refractivity contribution < 1.29 is 19.2 Å². The number of aryl methyl sites for hydroxylation is 2. The second-order valence-corrected chi connectivity index (χ2v) is 11.1. The van der Waals surface area contributed by atoms with E-state index >= 15 is 0 Å². The van der Waals surface area contributed by atoms with Gasteiger partial charge in [-0.05, 0) is 37.6 Å². The van der Waals surface area contributed by atoms with Crippen LogP contribution in [-0.2, 0) is 27.1 Å². The largest absolute Gasteiger partial charge is 0.486 e. The van der Waals surface area contributed by atoms with Gasteiger partial charge in [0.15, 0.2) is 5.65 Å². The molecule has 0 amide bonds.